The molecule has 1 saturated heterocycles. The molecule has 0 amide bonds. The summed E-state index contributed by atoms with van der Waals surface area (Å²) in [6, 6.07) is 0.651. The summed E-state index contributed by atoms with van der Waals surface area (Å²) in [4.78, 5) is 2.51. The molecule has 1 atom stereocenters. The third-order valence-electron chi connectivity index (χ3n) is 5.37. The van der Waals surface area contributed by atoms with Crippen molar-refractivity contribution in [3.05, 3.63) is 0 Å². The lowest BCUT2D eigenvalue weighted by molar-refractivity contribution is 0.0411. The molecule has 1 N–H and O–H groups in total. The van der Waals surface area contributed by atoms with Gasteiger partial charge in [0.2, 0.25) is 0 Å². The average Bonchev–Trinajstić information content (AvgIpc) is 2.90. The van der Waals surface area contributed by atoms with Crippen molar-refractivity contribution >= 4 is 0 Å². The van der Waals surface area contributed by atoms with E-state index in [1.807, 2.05) is 0 Å². The largest absolute Gasteiger partial charge is 0.381 e. The SMILES string of the molecule is CCNC(CC1CCOCC1)C1(N(C)C)CCCC1. The molecule has 3 heteroatoms. The van der Waals surface area contributed by atoms with Crippen molar-refractivity contribution in [2.24, 2.45) is 5.92 Å². The van der Waals surface area contributed by atoms with Gasteiger partial charge in [-0.3, -0.25) is 0 Å². The Morgan fingerprint density at radius 1 is 1.21 bits per heavy atom. The zero-order chi connectivity index (χ0) is 13.7. The molecule has 1 saturated carbocycles. The molecule has 0 spiro atoms. The van der Waals surface area contributed by atoms with Crippen LogP contribution in [0.1, 0.15) is 51.9 Å². The maximum atomic E-state index is 5.51. The fraction of sp³-hybridized carbons (Fsp3) is 1.00. The molecule has 2 fully saturated rings. The van der Waals surface area contributed by atoms with Crippen LogP contribution in [0.25, 0.3) is 0 Å². The molecule has 0 aromatic rings. The van der Waals surface area contributed by atoms with Crippen LogP contribution < -0.4 is 5.32 Å². The van der Waals surface area contributed by atoms with E-state index < -0.39 is 0 Å². The minimum absolute atomic E-state index is 0.397. The number of hydrogen-bond acceptors (Lipinski definition) is 3. The van der Waals surface area contributed by atoms with E-state index in [4.69, 9.17) is 4.74 Å². The van der Waals surface area contributed by atoms with Gasteiger partial charge in [-0.1, -0.05) is 19.8 Å². The van der Waals surface area contributed by atoms with E-state index in [2.05, 4.69) is 31.2 Å². The van der Waals surface area contributed by atoms with Crippen LogP contribution in [-0.4, -0.2) is 50.3 Å². The van der Waals surface area contributed by atoms with E-state index in [1.54, 1.807) is 0 Å². The Morgan fingerprint density at radius 3 is 2.37 bits per heavy atom. The van der Waals surface area contributed by atoms with Gasteiger partial charge < -0.3 is 15.0 Å². The van der Waals surface area contributed by atoms with Crippen molar-refractivity contribution in [3.63, 3.8) is 0 Å². The highest BCUT2D eigenvalue weighted by atomic mass is 16.5. The predicted octanol–water partition coefficient (Wildman–Crippen LogP) is 2.66. The van der Waals surface area contributed by atoms with Crippen molar-refractivity contribution in [2.75, 3.05) is 33.9 Å². The van der Waals surface area contributed by atoms with Crippen molar-refractivity contribution in [1.82, 2.24) is 10.2 Å². The highest BCUT2D eigenvalue weighted by Crippen LogP contribution is 2.39. The van der Waals surface area contributed by atoms with Gasteiger partial charge in [0, 0.05) is 24.8 Å². The summed E-state index contributed by atoms with van der Waals surface area (Å²) in [7, 11) is 4.55. The molecule has 112 valence electrons. The van der Waals surface area contributed by atoms with E-state index in [0.717, 1.165) is 25.7 Å². The highest BCUT2D eigenvalue weighted by Gasteiger charge is 2.43. The molecule has 1 heterocycles. The summed E-state index contributed by atoms with van der Waals surface area (Å²) in [5.74, 6) is 0.857. The lowest BCUT2D eigenvalue weighted by Gasteiger charge is -2.45. The fourth-order valence-corrected chi connectivity index (χ4v) is 4.15. The third kappa shape index (κ3) is 3.50. The summed E-state index contributed by atoms with van der Waals surface area (Å²) >= 11 is 0. The number of nitrogens with zero attached hydrogens (tertiary/aromatic N) is 1. The van der Waals surface area contributed by atoms with Gasteiger partial charge in [0.25, 0.3) is 0 Å². The van der Waals surface area contributed by atoms with Crippen LogP contribution in [0.4, 0.5) is 0 Å². The first-order valence-electron chi connectivity index (χ1n) is 8.17. The van der Waals surface area contributed by atoms with Crippen LogP contribution >= 0.6 is 0 Å². The van der Waals surface area contributed by atoms with E-state index in [-0.39, 0.29) is 0 Å². The third-order valence-corrected chi connectivity index (χ3v) is 5.37. The van der Waals surface area contributed by atoms with Crippen molar-refractivity contribution in [1.29, 1.82) is 0 Å². The lowest BCUT2D eigenvalue weighted by atomic mass is 9.79. The molecule has 0 aromatic heterocycles. The number of likely N-dealkylation sites (N-methyl/N-ethyl adjacent to an activating group) is 2. The summed E-state index contributed by atoms with van der Waals surface area (Å²) in [5, 5.41) is 3.81. The Hall–Kier alpha value is -0.120. The van der Waals surface area contributed by atoms with Gasteiger partial charge in [0.15, 0.2) is 0 Å². The van der Waals surface area contributed by atoms with Crippen LogP contribution in [0.3, 0.4) is 0 Å². The molecule has 1 unspecified atom stereocenters. The van der Waals surface area contributed by atoms with Crippen LogP contribution in [0.5, 0.6) is 0 Å². The summed E-state index contributed by atoms with van der Waals surface area (Å²) in [6.45, 7) is 5.27. The first-order chi connectivity index (χ1) is 9.19. The number of rotatable bonds is 6. The normalized spacial score (nSPS) is 25.9. The van der Waals surface area contributed by atoms with Crippen LogP contribution in [0.15, 0.2) is 0 Å². The molecular formula is C16H32N2O. The Morgan fingerprint density at radius 2 is 1.84 bits per heavy atom. The van der Waals surface area contributed by atoms with Gasteiger partial charge in [0.1, 0.15) is 0 Å². The van der Waals surface area contributed by atoms with Crippen LogP contribution in [-0.2, 0) is 4.74 Å². The summed E-state index contributed by atoms with van der Waals surface area (Å²) in [5.41, 5.74) is 0.397. The van der Waals surface area contributed by atoms with Gasteiger partial charge in [-0.15, -0.1) is 0 Å². The maximum absolute atomic E-state index is 5.51. The maximum Gasteiger partial charge on any atom is 0.0468 e. The number of hydrogen-bond donors (Lipinski definition) is 1. The molecule has 1 aliphatic heterocycles. The quantitative estimate of drug-likeness (QED) is 0.801. The van der Waals surface area contributed by atoms with Crippen molar-refractivity contribution < 1.29 is 4.74 Å². The van der Waals surface area contributed by atoms with Gasteiger partial charge >= 0.3 is 0 Å². The second-order valence-electron chi connectivity index (χ2n) is 6.61. The lowest BCUT2D eigenvalue weighted by Crippen LogP contribution is -2.58. The molecule has 0 radical (unpaired) electrons. The van der Waals surface area contributed by atoms with Crippen LogP contribution in [0, 0.1) is 5.92 Å². The highest BCUT2D eigenvalue weighted by molar-refractivity contribution is 5.02. The monoisotopic (exact) mass is 268 g/mol. The minimum Gasteiger partial charge on any atom is -0.381 e. The Labute approximate surface area is 119 Å². The number of nitrogens with one attached hydrogen (secondary N) is 1. The summed E-state index contributed by atoms with van der Waals surface area (Å²) in [6.07, 6.45) is 9.36. The zero-order valence-corrected chi connectivity index (χ0v) is 13.1. The average molecular weight is 268 g/mol. The zero-order valence-electron chi connectivity index (χ0n) is 13.1. The molecule has 0 bridgehead atoms. The summed E-state index contributed by atoms with van der Waals surface area (Å²) < 4.78 is 5.51. The molecule has 19 heavy (non-hydrogen) atoms. The van der Waals surface area contributed by atoms with Crippen LogP contribution in [0.2, 0.25) is 0 Å². The van der Waals surface area contributed by atoms with Gasteiger partial charge in [-0.05, 0) is 58.7 Å². The van der Waals surface area contributed by atoms with Crippen molar-refractivity contribution in [2.45, 2.75) is 63.5 Å². The smallest absolute Gasteiger partial charge is 0.0468 e. The van der Waals surface area contributed by atoms with Crippen molar-refractivity contribution in [3.8, 4) is 0 Å². The molecule has 0 aromatic carbocycles. The molecule has 2 rings (SSSR count). The molecular weight excluding hydrogens is 236 g/mol. The van der Waals surface area contributed by atoms with E-state index >= 15 is 0 Å². The second kappa shape index (κ2) is 7.05. The topological polar surface area (TPSA) is 24.5 Å². The van der Waals surface area contributed by atoms with E-state index in [9.17, 15) is 0 Å². The first-order valence-corrected chi connectivity index (χ1v) is 8.17. The van der Waals surface area contributed by atoms with Gasteiger partial charge in [0.05, 0.1) is 0 Å². The standard InChI is InChI=1S/C16H32N2O/c1-4-17-15(13-14-7-11-19-12-8-14)16(18(2)3)9-5-6-10-16/h14-15,17H,4-13H2,1-3H3. The van der Waals surface area contributed by atoms with E-state index in [0.29, 0.717) is 11.6 Å². The predicted molar refractivity (Wildman–Crippen MR) is 80.5 cm³/mol. The second-order valence-corrected chi connectivity index (χ2v) is 6.61. The Bertz CT molecular complexity index is 255. The van der Waals surface area contributed by atoms with Gasteiger partial charge in [-0.2, -0.15) is 0 Å². The molecule has 3 nitrogen and oxygen atoms in total. The van der Waals surface area contributed by atoms with E-state index in [1.165, 1.54) is 44.9 Å². The fourth-order valence-electron chi connectivity index (χ4n) is 4.15. The first kappa shape index (κ1) is 15.3. The molecule has 2 aliphatic rings. The minimum atomic E-state index is 0.397. The Kier molecular flexibility index (Phi) is 5.67. The number of ether oxygens (including phenoxy) is 1. The Balaban J connectivity index is 2.04. The van der Waals surface area contributed by atoms with Gasteiger partial charge in [-0.25, -0.2) is 0 Å². The molecule has 1 aliphatic carbocycles.